The number of hydrogen-bond acceptors (Lipinski definition) is 15. The smallest absolute Gasteiger partial charge is 0.462 e. The highest BCUT2D eigenvalue weighted by Crippen LogP contribution is 2.45. The number of unbranched alkanes of at least 4 members (excludes halogenated alkanes) is 24. The first-order valence-electron chi connectivity index (χ1n) is 32.2. The van der Waals surface area contributed by atoms with Gasteiger partial charge in [-0.25, -0.2) is 9.13 Å². The number of carbonyl (C=O) groups excluding carboxylic acids is 4. The number of esters is 4. The molecular formula is C62H120O17P2. The lowest BCUT2D eigenvalue weighted by molar-refractivity contribution is -0.161. The SMILES string of the molecule is CCC(C)CCCCCCCCC(=O)OC[C@H](COP(=O)(O)OC[C@H](O)COP(=O)(O)OC[C@@H](COC(=O)CCCCCCCCCCCCC(C)C)OC(=O)CCCCCCCCC(C)C)OC(=O)CCCCCCCCC(C)C. The summed E-state index contributed by atoms with van der Waals surface area (Å²) in [6.45, 7) is 13.8. The highest BCUT2D eigenvalue weighted by atomic mass is 31.2. The monoisotopic (exact) mass is 1200 g/mol. The van der Waals surface area contributed by atoms with Gasteiger partial charge >= 0.3 is 39.5 Å². The van der Waals surface area contributed by atoms with Crippen LogP contribution in [0.15, 0.2) is 0 Å². The molecule has 0 spiro atoms. The average molecular weight is 1200 g/mol. The first-order chi connectivity index (χ1) is 38.6. The molecule has 81 heavy (non-hydrogen) atoms. The molecule has 0 aliphatic carbocycles. The second-order valence-electron chi connectivity index (χ2n) is 24.1. The Balaban J connectivity index is 5.22. The molecule has 0 aliphatic rings. The van der Waals surface area contributed by atoms with Gasteiger partial charge in [-0.3, -0.25) is 37.3 Å². The number of ether oxygens (including phenoxy) is 4. The van der Waals surface area contributed by atoms with Crippen molar-refractivity contribution in [3.8, 4) is 0 Å². The van der Waals surface area contributed by atoms with Crippen molar-refractivity contribution < 1.29 is 80.2 Å². The zero-order valence-corrected chi connectivity index (χ0v) is 54.2. The molecule has 0 saturated heterocycles. The van der Waals surface area contributed by atoms with Crippen molar-refractivity contribution in [1.29, 1.82) is 0 Å². The van der Waals surface area contributed by atoms with E-state index in [0.29, 0.717) is 37.5 Å². The lowest BCUT2D eigenvalue weighted by Gasteiger charge is -2.21. The lowest BCUT2D eigenvalue weighted by atomic mass is 10.00. The molecule has 19 heteroatoms. The number of carbonyl (C=O) groups is 4. The summed E-state index contributed by atoms with van der Waals surface area (Å²) in [6.07, 6.45) is 31.1. The Morgan fingerprint density at radius 2 is 0.593 bits per heavy atom. The van der Waals surface area contributed by atoms with E-state index < -0.39 is 97.5 Å². The zero-order chi connectivity index (χ0) is 60.4. The average Bonchev–Trinajstić information content (AvgIpc) is 3.41. The normalized spacial score (nSPS) is 14.8. The minimum atomic E-state index is -4.94. The second-order valence-corrected chi connectivity index (χ2v) is 27.0. The number of phosphoric ester groups is 2. The van der Waals surface area contributed by atoms with Gasteiger partial charge in [0.25, 0.3) is 0 Å². The van der Waals surface area contributed by atoms with Gasteiger partial charge in [-0.2, -0.15) is 0 Å². The van der Waals surface area contributed by atoms with E-state index in [1.54, 1.807) is 0 Å². The molecule has 0 bridgehead atoms. The molecule has 3 unspecified atom stereocenters. The Kier molecular flexibility index (Phi) is 51.1. The van der Waals surface area contributed by atoms with Gasteiger partial charge in [-0.05, 0) is 49.4 Å². The Bertz CT molecular complexity index is 1630. The quantitative estimate of drug-likeness (QED) is 0.0222. The topological polar surface area (TPSA) is 237 Å². The van der Waals surface area contributed by atoms with Crippen molar-refractivity contribution in [3.63, 3.8) is 0 Å². The molecule has 0 rings (SSSR count). The van der Waals surface area contributed by atoms with Crippen molar-refractivity contribution >= 4 is 39.5 Å². The maximum atomic E-state index is 12.9. The predicted molar refractivity (Wildman–Crippen MR) is 321 cm³/mol. The van der Waals surface area contributed by atoms with Crippen LogP contribution in [-0.4, -0.2) is 96.7 Å². The fourth-order valence-corrected chi connectivity index (χ4v) is 10.6. The van der Waals surface area contributed by atoms with Crippen LogP contribution in [0, 0.1) is 23.7 Å². The van der Waals surface area contributed by atoms with E-state index in [2.05, 4.69) is 55.4 Å². The first kappa shape index (κ1) is 79.1. The Labute approximate surface area is 492 Å². The summed E-state index contributed by atoms with van der Waals surface area (Å²) >= 11 is 0. The Hall–Kier alpha value is -1.94. The minimum absolute atomic E-state index is 0.100. The van der Waals surface area contributed by atoms with Gasteiger partial charge in [0.1, 0.15) is 19.3 Å². The Morgan fingerprint density at radius 3 is 0.877 bits per heavy atom. The molecule has 0 aromatic heterocycles. The number of hydrogen-bond donors (Lipinski definition) is 3. The maximum absolute atomic E-state index is 12.9. The van der Waals surface area contributed by atoms with Gasteiger partial charge in [0.2, 0.25) is 0 Å². The molecule has 0 radical (unpaired) electrons. The minimum Gasteiger partial charge on any atom is -0.462 e. The van der Waals surface area contributed by atoms with Crippen LogP contribution in [0.5, 0.6) is 0 Å². The summed E-state index contributed by atoms with van der Waals surface area (Å²) in [6, 6.07) is 0. The third-order valence-electron chi connectivity index (χ3n) is 14.4. The van der Waals surface area contributed by atoms with Crippen LogP contribution in [0.3, 0.4) is 0 Å². The molecule has 480 valence electrons. The fraction of sp³-hybridized carbons (Fsp3) is 0.935. The molecule has 0 fully saturated rings. The molecule has 0 aromatic carbocycles. The van der Waals surface area contributed by atoms with E-state index >= 15 is 0 Å². The van der Waals surface area contributed by atoms with Crippen LogP contribution in [0.25, 0.3) is 0 Å². The van der Waals surface area contributed by atoms with E-state index in [9.17, 15) is 43.2 Å². The van der Waals surface area contributed by atoms with Crippen molar-refractivity contribution in [2.24, 2.45) is 23.7 Å². The Morgan fingerprint density at radius 1 is 0.346 bits per heavy atom. The molecule has 0 amide bonds. The number of phosphoric acid groups is 2. The summed E-state index contributed by atoms with van der Waals surface area (Å²) < 4.78 is 67.8. The molecular weight excluding hydrogens is 1080 g/mol. The van der Waals surface area contributed by atoms with Crippen LogP contribution in [0.2, 0.25) is 0 Å². The summed E-state index contributed by atoms with van der Waals surface area (Å²) in [5, 5.41) is 10.5. The van der Waals surface area contributed by atoms with E-state index in [1.807, 2.05) is 0 Å². The maximum Gasteiger partial charge on any atom is 0.472 e. The summed E-state index contributed by atoms with van der Waals surface area (Å²) in [4.78, 5) is 72.0. The van der Waals surface area contributed by atoms with Gasteiger partial charge in [0.15, 0.2) is 12.2 Å². The van der Waals surface area contributed by atoms with Crippen LogP contribution in [0.1, 0.15) is 293 Å². The van der Waals surface area contributed by atoms with Crippen LogP contribution < -0.4 is 0 Å². The third kappa shape index (κ3) is 55.7. The highest BCUT2D eigenvalue weighted by molar-refractivity contribution is 7.47. The molecule has 17 nitrogen and oxygen atoms in total. The van der Waals surface area contributed by atoms with Gasteiger partial charge in [0.05, 0.1) is 26.4 Å². The number of rotatable bonds is 59. The number of aliphatic hydroxyl groups excluding tert-OH is 1. The highest BCUT2D eigenvalue weighted by Gasteiger charge is 2.30. The summed E-state index contributed by atoms with van der Waals surface area (Å²) in [5.74, 6) is 0.678. The van der Waals surface area contributed by atoms with E-state index in [4.69, 9.17) is 37.0 Å². The van der Waals surface area contributed by atoms with Crippen molar-refractivity contribution in [2.45, 2.75) is 311 Å². The zero-order valence-electron chi connectivity index (χ0n) is 52.4. The van der Waals surface area contributed by atoms with Crippen molar-refractivity contribution in [2.75, 3.05) is 39.6 Å². The predicted octanol–water partition coefficient (Wildman–Crippen LogP) is 16.6. The van der Waals surface area contributed by atoms with Gasteiger partial charge < -0.3 is 33.8 Å². The first-order valence-corrected chi connectivity index (χ1v) is 35.2. The second kappa shape index (κ2) is 52.4. The van der Waals surface area contributed by atoms with Crippen molar-refractivity contribution in [1.82, 2.24) is 0 Å². The third-order valence-corrected chi connectivity index (χ3v) is 16.3. The van der Waals surface area contributed by atoms with Crippen LogP contribution >= 0.6 is 15.6 Å². The summed E-state index contributed by atoms with van der Waals surface area (Å²) in [7, 11) is -9.88. The standard InChI is InChI=1S/C62H120O17P2/c1-9-55(8)41-33-25-18-21-27-35-43-60(65)73-49-58(79-62(67)45-37-29-20-17-24-32-40-54(6)7)51-77-81(70,71)75-47-56(63)46-74-80(68,69)76-50-57(78-61(66)44-36-28-19-16-23-31-39-53(4)5)48-72-59(64)42-34-26-15-13-11-10-12-14-22-30-38-52(2)3/h52-58,63H,9-51H2,1-8H3,(H,68,69)(H,70,71)/t55?,56-,57-,58-/m1/s1. The molecule has 6 atom stereocenters. The van der Waals surface area contributed by atoms with Gasteiger partial charge in [-0.15, -0.1) is 0 Å². The lowest BCUT2D eigenvalue weighted by Crippen LogP contribution is -2.30. The van der Waals surface area contributed by atoms with E-state index in [1.165, 1.54) is 89.9 Å². The molecule has 0 aliphatic heterocycles. The molecule has 0 aromatic rings. The number of aliphatic hydroxyl groups is 1. The molecule has 0 saturated carbocycles. The molecule has 0 heterocycles. The van der Waals surface area contributed by atoms with Crippen LogP contribution in [0.4, 0.5) is 0 Å². The van der Waals surface area contributed by atoms with E-state index in [-0.39, 0.29) is 25.7 Å². The van der Waals surface area contributed by atoms with E-state index in [0.717, 1.165) is 108 Å². The summed E-state index contributed by atoms with van der Waals surface area (Å²) in [5.41, 5.74) is 0. The van der Waals surface area contributed by atoms with Gasteiger partial charge in [-0.1, -0.05) is 242 Å². The largest absolute Gasteiger partial charge is 0.472 e. The fourth-order valence-electron chi connectivity index (χ4n) is 9.04. The van der Waals surface area contributed by atoms with Gasteiger partial charge in [0, 0.05) is 25.7 Å². The molecule has 3 N–H and O–H groups in total. The van der Waals surface area contributed by atoms with Crippen LogP contribution in [-0.2, 0) is 65.4 Å². The van der Waals surface area contributed by atoms with Crippen molar-refractivity contribution in [3.05, 3.63) is 0 Å².